The molecule has 2 rings (SSSR count). The van der Waals surface area contributed by atoms with Crippen molar-refractivity contribution in [3.05, 3.63) is 35.4 Å². The van der Waals surface area contributed by atoms with Gasteiger partial charge in [0, 0.05) is 0 Å². The molecule has 0 heterocycles. The summed E-state index contributed by atoms with van der Waals surface area (Å²) in [5, 5.41) is 11.9. The maximum atomic E-state index is 12.1. The van der Waals surface area contributed by atoms with Gasteiger partial charge in [0.1, 0.15) is 5.92 Å². The maximum Gasteiger partial charge on any atom is 0.315 e. The predicted molar refractivity (Wildman–Crippen MR) is 76.2 cm³/mol. The van der Waals surface area contributed by atoms with Crippen LogP contribution >= 0.6 is 0 Å². The number of fused-ring (bicyclic) bond motifs is 1. The third kappa shape index (κ3) is 2.69. The van der Waals surface area contributed by atoms with Crippen molar-refractivity contribution < 1.29 is 14.7 Å². The Morgan fingerprint density at radius 2 is 2.00 bits per heavy atom. The van der Waals surface area contributed by atoms with E-state index in [0.717, 1.165) is 18.4 Å². The standard InChI is InChI=1S/C16H21NO3/c1-10(15(19)20)14(18)17-13-12-7-5-4-6-11(12)8-9-16(13,2)3/h4-7,10,13H,8-9H2,1-3H3,(H,17,18)(H,19,20). The van der Waals surface area contributed by atoms with Crippen LogP contribution in [-0.2, 0) is 16.0 Å². The number of aliphatic carboxylic acids is 1. The van der Waals surface area contributed by atoms with E-state index in [1.807, 2.05) is 18.2 Å². The van der Waals surface area contributed by atoms with Crippen molar-refractivity contribution in [2.24, 2.45) is 11.3 Å². The van der Waals surface area contributed by atoms with Crippen LogP contribution in [0.15, 0.2) is 24.3 Å². The molecule has 108 valence electrons. The van der Waals surface area contributed by atoms with Crippen molar-refractivity contribution in [1.29, 1.82) is 0 Å². The number of carboxylic acids is 1. The molecule has 1 amide bonds. The van der Waals surface area contributed by atoms with E-state index >= 15 is 0 Å². The van der Waals surface area contributed by atoms with E-state index in [1.54, 1.807) is 0 Å². The minimum Gasteiger partial charge on any atom is -0.481 e. The van der Waals surface area contributed by atoms with E-state index in [1.165, 1.54) is 12.5 Å². The molecule has 0 fully saturated rings. The Labute approximate surface area is 119 Å². The highest BCUT2D eigenvalue weighted by atomic mass is 16.4. The summed E-state index contributed by atoms with van der Waals surface area (Å²) in [5.41, 5.74) is 2.26. The van der Waals surface area contributed by atoms with Crippen LogP contribution in [0.3, 0.4) is 0 Å². The average Bonchev–Trinajstić information content (AvgIpc) is 2.41. The van der Waals surface area contributed by atoms with Crippen molar-refractivity contribution in [2.75, 3.05) is 0 Å². The van der Waals surface area contributed by atoms with Gasteiger partial charge in [-0.2, -0.15) is 0 Å². The van der Waals surface area contributed by atoms with Crippen LogP contribution in [0.2, 0.25) is 0 Å². The fourth-order valence-electron chi connectivity index (χ4n) is 2.72. The number of amides is 1. The van der Waals surface area contributed by atoms with Gasteiger partial charge in [-0.1, -0.05) is 38.1 Å². The molecule has 1 aromatic carbocycles. The highest BCUT2D eigenvalue weighted by Crippen LogP contribution is 2.43. The normalized spacial score (nSPS) is 21.6. The van der Waals surface area contributed by atoms with E-state index in [-0.39, 0.29) is 11.5 Å². The average molecular weight is 275 g/mol. The van der Waals surface area contributed by atoms with Gasteiger partial charge in [0.25, 0.3) is 0 Å². The Hall–Kier alpha value is -1.84. The van der Waals surface area contributed by atoms with Crippen molar-refractivity contribution >= 4 is 11.9 Å². The maximum absolute atomic E-state index is 12.1. The van der Waals surface area contributed by atoms with Crippen LogP contribution in [0.25, 0.3) is 0 Å². The lowest BCUT2D eigenvalue weighted by atomic mass is 9.70. The van der Waals surface area contributed by atoms with Crippen molar-refractivity contribution in [3.63, 3.8) is 0 Å². The van der Waals surface area contributed by atoms with E-state index in [9.17, 15) is 9.59 Å². The topological polar surface area (TPSA) is 66.4 Å². The summed E-state index contributed by atoms with van der Waals surface area (Å²) in [6.45, 7) is 5.64. The minimum absolute atomic E-state index is 0.0811. The fourth-order valence-corrected chi connectivity index (χ4v) is 2.72. The molecule has 4 heteroatoms. The fraction of sp³-hybridized carbons (Fsp3) is 0.500. The van der Waals surface area contributed by atoms with E-state index in [2.05, 4.69) is 25.2 Å². The highest BCUT2D eigenvalue weighted by molar-refractivity contribution is 5.96. The van der Waals surface area contributed by atoms with Gasteiger partial charge >= 0.3 is 5.97 Å². The van der Waals surface area contributed by atoms with Gasteiger partial charge in [-0.15, -0.1) is 0 Å². The Kier molecular flexibility index (Phi) is 3.84. The van der Waals surface area contributed by atoms with Crippen LogP contribution in [0.4, 0.5) is 0 Å². The lowest BCUT2D eigenvalue weighted by molar-refractivity contribution is -0.146. The van der Waals surface area contributed by atoms with E-state index in [4.69, 9.17) is 5.11 Å². The minimum atomic E-state index is -1.09. The Morgan fingerprint density at radius 1 is 1.35 bits per heavy atom. The number of carboxylic acid groups (broad SMARTS) is 1. The zero-order chi connectivity index (χ0) is 14.9. The van der Waals surface area contributed by atoms with Crippen LogP contribution in [-0.4, -0.2) is 17.0 Å². The summed E-state index contributed by atoms with van der Waals surface area (Å²) in [6.07, 6.45) is 1.96. The molecular weight excluding hydrogens is 254 g/mol. The molecule has 2 N–H and O–H groups in total. The first-order valence-electron chi connectivity index (χ1n) is 6.94. The predicted octanol–water partition coefficient (Wildman–Crippen LogP) is 2.54. The van der Waals surface area contributed by atoms with E-state index in [0.29, 0.717) is 0 Å². The molecule has 0 saturated carbocycles. The first-order chi connectivity index (χ1) is 9.33. The smallest absolute Gasteiger partial charge is 0.315 e. The summed E-state index contributed by atoms with van der Waals surface area (Å²) in [6, 6.07) is 7.91. The number of carbonyl (C=O) groups is 2. The SMILES string of the molecule is CC(C(=O)O)C(=O)NC1c2ccccc2CCC1(C)C. The second-order valence-electron chi connectivity index (χ2n) is 6.19. The summed E-state index contributed by atoms with van der Waals surface area (Å²) in [5.74, 6) is -2.54. The molecule has 2 unspecified atom stereocenters. The van der Waals surface area contributed by atoms with Gasteiger partial charge in [0.15, 0.2) is 0 Å². The summed E-state index contributed by atoms with van der Waals surface area (Å²) in [4.78, 5) is 23.0. The van der Waals surface area contributed by atoms with Crippen LogP contribution in [0, 0.1) is 11.3 Å². The number of benzene rings is 1. The Bertz CT molecular complexity index is 536. The largest absolute Gasteiger partial charge is 0.481 e. The lowest BCUT2D eigenvalue weighted by Gasteiger charge is -2.40. The molecule has 0 aromatic heterocycles. The quantitative estimate of drug-likeness (QED) is 0.833. The molecule has 2 atom stereocenters. The summed E-state index contributed by atoms with van der Waals surface area (Å²) in [7, 11) is 0. The molecular formula is C16H21NO3. The van der Waals surface area contributed by atoms with Gasteiger partial charge in [-0.3, -0.25) is 9.59 Å². The lowest BCUT2D eigenvalue weighted by Crippen LogP contribution is -2.44. The van der Waals surface area contributed by atoms with Crippen LogP contribution < -0.4 is 5.32 Å². The molecule has 0 spiro atoms. The van der Waals surface area contributed by atoms with Gasteiger partial charge in [-0.05, 0) is 36.3 Å². The van der Waals surface area contributed by atoms with Gasteiger partial charge < -0.3 is 10.4 Å². The van der Waals surface area contributed by atoms with Crippen molar-refractivity contribution in [1.82, 2.24) is 5.32 Å². The molecule has 1 aliphatic carbocycles. The van der Waals surface area contributed by atoms with Crippen molar-refractivity contribution in [3.8, 4) is 0 Å². The third-order valence-corrected chi connectivity index (χ3v) is 4.24. The summed E-state index contributed by atoms with van der Waals surface area (Å²) < 4.78 is 0. The van der Waals surface area contributed by atoms with Gasteiger partial charge in [-0.25, -0.2) is 0 Å². The number of carbonyl (C=O) groups excluding carboxylic acids is 1. The van der Waals surface area contributed by atoms with E-state index < -0.39 is 17.8 Å². The molecule has 0 aliphatic heterocycles. The molecule has 0 radical (unpaired) electrons. The monoisotopic (exact) mass is 275 g/mol. The Balaban J connectivity index is 2.29. The number of nitrogens with one attached hydrogen (secondary N) is 1. The highest BCUT2D eigenvalue weighted by Gasteiger charge is 2.37. The number of hydrogen-bond acceptors (Lipinski definition) is 2. The Morgan fingerprint density at radius 3 is 2.65 bits per heavy atom. The molecule has 4 nitrogen and oxygen atoms in total. The molecule has 0 bridgehead atoms. The van der Waals surface area contributed by atoms with Gasteiger partial charge in [0.2, 0.25) is 5.91 Å². The number of rotatable bonds is 3. The zero-order valence-electron chi connectivity index (χ0n) is 12.1. The second-order valence-corrected chi connectivity index (χ2v) is 6.19. The third-order valence-electron chi connectivity index (χ3n) is 4.24. The van der Waals surface area contributed by atoms with Gasteiger partial charge in [0.05, 0.1) is 6.04 Å². The first kappa shape index (κ1) is 14.6. The molecule has 0 saturated heterocycles. The molecule has 1 aromatic rings. The number of aryl methyl sites for hydroxylation is 1. The molecule has 1 aliphatic rings. The first-order valence-corrected chi connectivity index (χ1v) is 6.94. The van der Waals surface area contributed by atoms with Crippen molar-refractivity contribution in [2.45, 2.75) is 39.7 Å². The summed E-state index contributed by atoms with van der Waals surface area (Å²) >= 11 is 0. The zero-order valence-corrected chi connectivity index (χ0v) is 12.1. The van der Waals surface area contributed by atoms with Crippen LogP contribution in [0.1, 0.15) is 44.4 Å². The van der Waals surface area contributed by atoms with Crippen LogP contribution in [0.5, 0.6) is 0 Å². The second kappa shape index (κ2) is 5.27. The molecule has 20 heavy (non-hydrogen) atoms. The number of hydrogen-bond donors (Lipinski definition) is 2.